The molecule has 0 amide bonds. The second kappa shape index (κ2) is 123. The monoisotopic (exact) mass is 104 g/mol. The first-order valence-electron chi connectivity index (χ1n) is 0. The molecule has 0 unspecified atom stereocenters. The van der Waals surface area contributed by atoms with E-state index in [0.717, 1.165) is 0 Å². The van der Waals surface area contributed by atoms with Gasteiger partial charge >= 0.3 is 17.1 Å². The Balaban J connectivity index is 0. The minimum Gasteiger partial charge on any atom is -0.693 e. The van der Waals surface area contributed by atoms with Gasteiger partial charge < -0.3 is 18.5 Å². The molecule has 0 bridgehead atoms. The van der Waals surface area contributed by atoms with Crippen LogP contribution in [0.2, 0.25) is 0 Å². The Morgan fingerprint density at radius 2 is 0.500 bits per heavy atom. The number of hydrogen-bond donors (Lipinski definition) is 0. The van der Waals surface area contributed by atoms with E-state index in [1.165, 1.54) is 0 Å². The Hall–Kier alpha value is 0.399. The summed E-state index contributed by atoms with van der Waals surface area (Å²) < 4.78 is 0. The van der Waals surface area contributed by atoms with E-state index in [4.69, 9.17) is 0 Å². The fraction of sp³-hybridized carbons (Fsp3) is 0. The Morgan fingerprint density at radius 3 is 0.500 bits per heavy atom. The molecule has 0 rings (SSSR count). The van der Waals surface area contributed by atoms with Crippen LogP contribution in [0.1, 0.15) is 0 Å². The molecule has 0 aliphatic carbocycles. The molecule has 0 aromatic carbocycles. The maximum Gasteiger partial charge on any atom is 3.00 e. The minimum atomic E-state index is 0. The Kier molecular flexibility index (Phi) is 9770. The van der Waals surface area contributed by atoms with Gasteiger partial charge in [0.25, 0.3) is 0 Å². The molecular formula is H6FeN3. The summed E-state index contributed by atoms with van der Waals surface area (Å²) in [5, 5.41) is 0. The molecule has 0 aliphatic rings. The first-order chi connectivity index (χ1) is 0. The molecule has 3 nitrogen and oxygen atoms in total. The molecule has 1 radical (unpaired) electrons. The molecular weight excluding hydrogens is 97.9 g/mol. The minimum absolute atomic E-state index is 0. The molecule has 0 saturated carbocycles. The molecule has 4 heteroatoms. The van der Waals surface area contributed by atoms with Crippen molar-refractivity contribution in [1.82, 2.24) is 0 Å². The molecule has 6 N–H and O–H groups in total. The van der Waals surface area contributed by atoms with Crippen LogP contribution in [0.3, 0.4) is 0 Å². The van der Waals surface area contributed by atoms with Crippen molar-refractivity contribution in [3.63, 3.8) is 0 Å². The maximum absolute atomic E-state index is 0. The van der Waals surface area contributed by atoms with Crippen molar-refractivity contribution in [1.29, 1.82) is 0 Å². The number of rotatable bonds is 0. The van der Waals surface area contributed by atoms with Gasteiger partial charge in [0.2, 0.25) is 0 Å². The standard InChI is InChI=1S/Fe.3H2N/h;3*1H2/q+3;3*-1. The zero-order chi connectivity index (χ0) is 0. The van der Waals surface area contributed by atoms with Gasteiger partial charge in [-0.15, -0.1) is 0 Å². The second-order valence-electron chi connectivity index (χ2n) is 0. The van der Waals surface area contributed by atoms with E-state index in [1.54, 1.807) is 0 Å². The van der Waals surface area contributed by atoms with Gasteiger partial charge in [-0.05, 0) is 0 Å². The number of hydrogen-bond acceptors (Lipinski definition) is 0. The molecule has 4 heavy (non-hydrogen) atoms. The van der Waals surface area contributed by atoms with Crippen LogP contribution in [0.4, 0.5) is 0 Å². The fourth-order valence-electron chi connectivity index (χ4n) is 0. The second-order valence-corrected chi connectivity index (χ2v) is 0. The normalized spacial score (nSPS) is 0. The fourth-order valence-corrected chi connectivity index (χ4v) is 0. The van der Waals surface area contributed by atoms with Crippen molar-refractivity contribution < 1.29 is 17.1 Å². The third-order valence-electron chi connectivity index (χ3n) is 0. The van der Waals surface area contributed by atoms with E-state index in [2.05, 4.69) is 0 Å². The van der Waals surface area contributed by atoms with Crippen LogP contribution in [0.25, 0.3) is 18.5 Å². The first-order valence-corrected chi connectivity index (χ1v) is 0. The van der Waals surface area contributed by atoms with Crippen LogP contribution in [0.15, 0.2) is 0 Å². The summed E-state index contributed by atoms with van der Waals surface area (Å²) in [6.07, 6.45) is 0. The smallest absolute Gasteiger partial charge is 0.693 e. The Labute approximate surface area is 36.4 Å². The van der Waals surface area contributed by atoms with Crippen LogP contribution in [0.5, 0.6) is 0 Å². The summed E-state index contributed by atoms with van der Waals surface area (Å²) in [7, 11) is 0. The molecule has 0 heterocycles. The van der Waals surface area contributed by atoms with Gasteiger partial charge in [0, 0.05) is 0 Å². The average molecular weight is 104 g/mol. The van der Waals surface area contributed by atoms with Gasteiger partial charge in [-0.1, -0.05) is 0 Å². The van der Waals surface area contributed by atoms with Gasteiger partial charge in [0.05, 0.1) is 0 Å². The quantitative estimate of drug-likeness (QED) is 0.420. The van der Waals surface area contributed by atoms with Gasteiger partial charge in [0.1, 0.15) is 0 Å². The van der Waals surface area contributed by atoms with Crippen LogP contribution in [-0.4, -0.2) is 0 Å². The Bertz CT molecular complexity index is 3.25. The molecule has 0 aromatic heterocycles. The van der Waals surface area contributed by atoms with Crippen molar-refractivity contribution in [3.8, 4) is 0 Å². The van der Waals surface area contributed by atoms with Crippen molar-refractivity contribution in [3.05, 3.63) is 18.5 Å². The molecule has 0 atom stereocenters. The van der Waals surface area contributed by atoms with Crippen LogP contribution in [-0.2, 0) is 17.1 Å². The van der Waals surface area contributed by atoms with Gasteiger partial charge in [-0.25, -0.2) is 0 Å². The predicted molar refractivity (Wildman–Crippen MR) is 15.9 cm³/mol. The van der Waals surface area contributed by atoms with Crippen molar-refractivity contribution >= 4 is 0 Å². The summed E-state index contributed by atoms with van der Waals surface area (Å²) in [4.78, 5) is 0. The van der Waals surface area contributed by atoms with Crippen molar-refractivity contribution in [2.24, 2.45) is 0 Å². The largest absolute Gasteiger partial charge is 3.00 e. The zero-order valence-corrected chi connectivity index (χ0v) is 3.19. The third kappa shape index (κ3) is 29.4. The molecule has 0 spiro atoms. The van der Waals surface area contributed by atoms with Crippen LogP contribution in [0, 0.1) is 0 Å². The van der Waals surface area contributed by atoms with Gasteiger partial charge in [-0.2, -0.15) is 0 Å². The van der Waals surface area contributed by atoms with E-state index in [1.807, 2.05) is 0 Å². The number of nitrogens with two attached hydrogens (primary N) is 3. The van der Waals surface area contributed by atoms with Crippen molar-refractivity contribution in [2.45, 2.75) is 0 Å². The molecule has 0 fully saturated rings. The van der Waals surface area contributed by atoms with Crippen LogP contribution >= 0.6 is 0 Å². The molecule has 0 saturated heterocycles. The molecule has 29 valence electrons. The van der Waals surface area contributed by atoms with Crippen molar-refractivity contribution in [2.75, 3.05) is 0 Å². The van der Waals surface area contributed by atoms with E-state index < -0.39 is 0 Å². The third-order valence-corrected chi connectivity index (χ3v) is 0. The summed E-state index contributed by atoms with van der Waals surface area (Å²) in [6.45, 7) is 0. The topological polar surface area (TPSA) is 100 Å². The maximum atomic E-state index is 0. The van der Waals surface area contributed by atoms with E-state index in [0.29, 0.717) is 0 Å². The predicted octanol–water partition coefficient (Wildman–Crippen LogP) is 2.15. The van der Waals surface area contributed by atoms with Gasteiger partial charge in [0.15, 0.2) is 0 Å². The van der Waals surface area contributed by atoms with E-state index in [9.17, 15) is 0 Å². The van der Waals surface area contributed by atoms with E-state index in [-0.39, 0.29) is 35.5 Å². The molecule has 0 aliphatic heterocycles. The molecule has 0 aromatic rings. The van der Waals surface area contributed by atoms with E-state index >= 15 is 0 Å². The summed E-state index contributed by atoms with van der Waals surface area (Å²) in [5.41, 5.74) is 0. The summed E-state index contributed by atoms with van der Waals surface area (Å²) in [5.74, 6) is 0. The van der Waals surface area contributed by atoms with Gasteiger partial charge in [-0.3, -0.25) is 0 Å². The summed E-state index contributed by atoms with van der Waals surface area (Å²) >= 11 is 0. The average Bonchev–Trinajstić information content (AvgIpc) is 0. The van der Waals surface area contributed by atoms with Crippen LogP contribution < -0.4 is 0 Å². The SMILES string of the molecule is [Fe+3].[NH2-].[NH2-].[NH2-]. The summed E-state index contributed by atoms with van der Waals surface area (Å²) in [6, 6.07) is 0. The zero-order valence-electron chi connectivity index (χ0n) is 2.09. The Morgan fingerprint density at radius 1 is 0.500 bits per heavy atom. The first kappa shape index (κ1) is 319.